The molecule has 1 heterocycles. The van der Waals surface area contributed by atoms with E-state index < -0.39 is 30.1 Å². The van der Waals surface area contributed by atoms with E-state index in [2.05, 4.69) is 0 Å². The number of esters is 1. The van der Waals surface area contributed by atoms with Crippen molar-refractivity contribution in [2.45, 2.75) is 32.1 Å². The SMILES string of the molecule is CCOC(=O)C1CCN(C(=O)C(F)(F)C(F)F)CC1. The number of piperidine rings is 1. The van der Waals surface area contributed by atoms with Gasteiger partial charge in [-0.1, -0.05) is 0 Å². The molecule has 0 bridgehead atoms. The summed E-state index contributed by atoms with van der Waals surface area (Å²) in [5.41, 5.74) is 0. The summed E-state index contributed by atoms with van der Waals surface area (Å²) >= 11 is 0. The Balaban J connectivity index is 2.55. The second-order valence-electron chi connectivity index (χ2n) is 4.24. The van der Waals surface area contributed by atoms with Crippen molar-refractivity contribution in [3.63, 3.8) is 0 Å². The van der Waals surface area contributed by atoms with Gasteiger partial charge in [-0.05, 0) is 19.8 Å². The van der Waals surface area contributed by atoms with Gasteiger partial charge in [0.05, 0.1) is 12.5 Å². The van der Waals surface area contributed by atoms with Crippen LogP contribution in [-0.4, -0.2) is 48.8 Å². The Bertz CT molecular complexity index is 341. The molecule has 0 spiro atoms. The van der Waals surface area contributed by atoms with Gasteiger partial charge in [0, 0.05) is 13.1 Å². The smallest absolute Gasteiger partial charge is 0.383 e. The van der Waals surface area contributed by atoms with Crippen LogP contribution in [0, 0.1) is 5.92 Å². The van der Waals surface area contributed by atoms with Crippen LogP contribution in [0.2, 0.25) is 0 Å². The van der Waals surface area contributed by atoms with E-state index in [0.717, 1.165) is 0 Å². The highest BCUT2D eigenvalue weighted by atomic mass is 19.3. The minimum Gasteiger partial charge on any atom is -0.466 e. The van der Waals surface area contributed by atoms with Crippen molar-refractivity contribution in [2.24, 2.45) is 5.92 Å². The molecule has 1 aliphatic heterocycles. The van der Waals surface area contributed by atoms with Crippen molar-refractivity contribution in [3.8, 4) is 0 Å². The zero-order valence-corrected chi connectivity index (χ0v) is 10.4. The van der Waals surface area contributed by atoms with Crippen LogP contribution in [0.3, 0.4) is 0 Å². The molecule has 0 saturated carbocycles. The fourth-order valence-corrected chi connectivity index (χ4v) is 1.88. The van der Waals surface area contributed by atoms with Gasteiger partial charge in [-0.15, -0.1) is 0 Å². The van der Waals surface area contributed by atoms with E-state index in [9.17, 15) is 27.2 Å². The summed E-state index contributed by atoms with van der Waals surface area (Å²) in [7, 11) is 0. The fourth-order valence-electron chi connectivity index (χ4n) is 1.88. The lowest BCUT2D eigenvalue weighted by Gasteiger charge is -2.32. The molecule has 4 nitrogen and oxygen atoms in total. The number of amides is 1. The molecule has 0 atom stereocenters. The lowest BCUT2D eigenvalue weighted by Crippen LogP contribution is -2.50. The van der Waals surface area contributed by atoms with Crippen LogP contribution < -0.4 is 0 Å². The minimum atomic E-state index is -4.67. The maximum Gasteiger partial charge on any atom is 0.383 e. The molecule has 0 aromatic rings. The largest absolute Gasteiger partial charge is 0.466 e. The van der Waals surface area contributed by atoms with Crippen molar-refractivity contribution < 1.29 is 31.9 Å². The van der Waals surface area contributed by atoms with E-state index in [0.29, 0.717) is 4.90 Å². The van der Waals surface area contributed by atoms with Crippen LogP contribution in [0.25, 0.3) is 0 Å². The Morgan fingerprint density at radius 2 is 1.84 bits per heavy atom. The molecule has 1 saturated heterocycles. The lowest BCUT2D eigenvalue weighted by atomic mass is 9.96. The van der Waals surface area contributed by atoms with Crippen molar-refractivity contribution in [1.29, 1.82) is 0 Å². The van der Waals surface area contributed by atoms with E-state index in [-0.39, 0.29) is 32.5 Å². The Kier molecular flexibility index (Phi) is 5.13. The summed E-state index contributed by atoms with van der Waals surface area (Å²) in [6.07, 6.45) is -3.74. The van der Waals surface area contributed by atoms with Crippen LogP contribution in [0.15, 0.2) is 0 Å². The predicted molar refractivity (Wildman–Crippen MR) is 56.9 cm³/mol. The van der Waals surface area contributed by atoms with E-state index in [1.54, 1.807) is 6.92 Å². The average Bonchev–Trinajstić information content (AvgIpc) is 2.38. The van der Waals surface area contributed by atoms with Gasteiger partial charge in [-0.25, -0.2) is 8.78 Å². The maximum atomic E-state index is 12.9. The second kappa shape index (κ2) is 6.21. The quantitative estimate of drug-likeness (QED) is 0.583. The Morgan fingerprint density at radius 1 is 1.32 bits per heavy atom. The number of likely N-dealkylation sites (tertiary alicyclic amines) is 1. The number of hydrogen-bond acceptors (Lipinski definition) is 3. The molecule has 0 radical (unpaired) electrons. The van der Waals surface area contributed by atoms with Gasteiger partial charge in [0.25, 0.3) is 5.91 Å². The highest BCUT2D eigenvalue weighted by Gasteiger charge is 2.51. The van der Waals surface area contributed by atoms with Crippen molar-refractivity contribution in [2.75, 3.05) is 19.7 Å². The van der Waals surface area contributed by atoms with Gasteiger partial charge in [-0.3, -0.25) is 9.59 Å². The van der Waals surface area contributed by atoms with Gasteiger partial charge in [0.1, 0.15) is 0 Å². The third-order valence-corrected chi connectivity index (χ3v) is 2.96. The number of ether oxygens (including phenoxy) is 1. The van der Waals surface area contributed by atoms with Gasteiger partial charge in [-0.2, -0.15) is 8.78 Å². The van der Waals surface area contributed by atoms with Gasteiger partial charge in [0.2, 0.25) is 0 Å². The molecule has 0 aromatic heterocycles. The topological polar surface area (TPSA) is 46.6 Å². The van der Waals surface area contributed by atoms with Crippen molar-refractivity contribution >= 4 is 11.9 Å². The van der Waals surface area contributed by atoms with Gasteiger partial charge in [0.15, 0.2) is 0 Å². The van der Waals surface area contributed by atoms with Crippen molar-refractivity contribution in [3.05, 3.63) is 0 Å². The average molecular weight is 285 g/mol. The molecular weight excluding hydrogens is 270 g/mol. The second-order valence-corrected chi connectivity index (χ2v) is 4.24. The Labute approximate surface area is 107 Å². The van der Waals surface area contributed by atoms with Crippen LogP contribution in [0.5, 0.6) is 0 Å². The first kappa shape index (κ1) is 15.7. The number of halogens is 4. The molecule has 1 fully saturated rings. The summed E-state index contributed by atoms with van der Waals surface area (Å²) in [5.74, 6) is -7.47. The number of nitrogens with zero attached hydrogens (tertiary/aromatic N) is 1. The third-order valence-electron chi connectivity index (χ3n) is 2.96. The molecule has 0 aliphatic carbocycles. The number of carbonyl (C=O) groups excluding carboxylic acids is 2. The summed E-state index contributed by atoms with van der Waals surface area (Å²) in [4.78, 5) is 23.3. The molecule has 1 amide bonds. The van der Waals surface area contributed by atoms with Crippen LogP contribution >= 0.6 is 0 Å². The first-order valence-electron chi connectivity index (χ1n) is 5.92. The predicted octanol–water partition coefficient (Wildman–Crippen LogP) is 1.69. The van der Waals surface area contributed by atoms with Crippen LogP contribution in [-0.2, 0) is 14.3 Å². The van der Waals surface area contributed by atoms with Gasteiger partial charge < -0.3 is 9.64 Å². The standard InChI is InChI=1S/C11H15F4NO3/c1-2-19-8(17)7-3-5-16(6-4-7)10(18)11(14,15)9(12)13/h7,9H,2-6H2,1H3. The highest BCUT2D eigenvalue weighted by Crippen LogP contribution is 2.28. The summed E-state index contributed by atoms with van der Waals surface area (Å²) in [5, 5.41) is 0. The Morgan fingerprint density at radius 3 is 2.26 bits per heavy atom. The van der Waals surface area contributed by atoms with Crippen molar-refractivity contribution in [1.82, 2.24) is 4.90 Å². The number of hydrogen-bond donors (Lipinski definition) is 0. The molecule has 8 heteroatoms. The van der Waals surface area contributed by atoms with E-state index >= 15 is 0 Å². The first-order valence-corrected chi connectivity index (χ1v) is 5.92. The van der Waals surface area contributed by atoms with Crippen LogP contribution in [0.1, 0.15) is 19.8 Å². The molecule has 1 rings (SSSR count). The minimum absolute atomic E-state index is 0.143. The Hall–Kier alpha value is -1.34. The summed E-state index contributed by atoms with van der Waals surface area (Å²) in [6, 6.07) is 0. The molecule has 1 aliphatic rings. The number of rotatable bonds is 4. The van der Waals surface area contributed by atoms with E-state index in [1.807, 2.05) is 0 Å². The van der Waals surface area contributed by atoms with E-state index in [4.69, 9.17) is 4.74 Å². The molecule has 110 valence electrons. The fraction of sp³-hybridized carbons (Fsp3) is 0.818. The molecule has 19 heavy (non-hydrogen) atoms. The number of alkyl halides is 4. The summed E-state index contributed by atoms with van der Waals surface area (Å²) in [6.45, 7) is 1.55. The van der Waals surface area contributed by atoms with Crippen LogP contribution in [0.4, 0.5) is 17.6 Å². The zero-order valence-electron chi connectivity index (χ0n) is 10.4. The maximum absolute atomic E-state index is 12.9. The monoisotopic (exact) mass is 285 g/mol. The summed E-state index contributed by atoms with van der Waals surface area (Å²) < 4.78 is 54.6. The molecule has 0 unspecified atom stereocenters. The van der Waals surface area contributed by atoms with Gasteiger partial charge >= 0.3 is 18.3 Å². The first-order chi connectivity index (χ1) is 8.80. The normalized spacial score (nSPS) is 17.7. The molecule has 0 aromatic carbocycles. The van der Waals surface area contributed by atoms with E-state index in [1.165, 1.54) is 0 Å². The highest BCUT2D eigenvalue weighted by molar-refractivity contribution is 5.84. The molecule has 0 N–H and O–H groups in total. The lowest BCUT2D eigenvalue weighted by molar-refractivity contribution is -0.182. The number of carbonyl (C=O) groups is 2. The zero-order chi connectivity index (χ0) is 14.6. The third kappa shape index (κ3) is 3.57. The molecular formula is C11H15F4NO3.